The van der Waals surface area contributed by atoms with Gasteiger partial charge < -0.3 is 10.4 Å². The van der Waals surface area contributed by atoms with Crippen LogP contribution in [-0.2, 0) is 4.79 Å². The molecule has 2 aliphatic heterocycles. The van der Waals surface area contributed by atoms with Crippen LogP contribution in [0.4, 0.5) is 0 Å². The average Bonchev–Trinajstić information content (AvgIpc) is 3.18. The first-order valence-corrected chi connectivity index (χ1v) is 11.7. The number of nitrogens with zero attached hydrogens (tertiary/aromatic N) is 1. The van der Waals surface area contributed by atoms with E-state index in [0.29, 0.717) is 6.04 Å². The molecule has 154 valence electrons. The van der Waals surface area contributed by atoms with Crippen molar-refractivity contribution in [1.82, 2.24) is 15.8 Å². The lowest BCUT2D eigenvalue weighted by Crippen LogP contribution is -2.49. The van der Waals surface area contributed by atoms with Crippen molar-refractivity contribution in [1.29, 1.82) is 0 Å². The smallest absolute Gasteiger partial charge is 0.306 e. The number of hydrogen-bond acceptors (Lipinski definition) is 4. The number of carboxylic acids is 1. The highest BCUT2D eigenvalue weighted by atomic mass is 16.4. The highest BCUT2D eigenvalue weighted by Gasteiger charge is 2.38. The molecule has 5 nitrogen and oxygen atoms in total. The molecule has 2 saturated carbocycles. The lowest BCUT2D eigenvalue weighted by Gasteiger charge is -2.39. The molecular weight excluding hydrogens is 338 g/mol. The van der Waals surface area contributed by atoms with Gasteiger partial charge in [0.15, 0.2) is 0 Å². The Morgan fingerprint density at radius 1 is 0.926 bits per heavy atom. The molecule has 2 aliphatic carbocycles. The molecule has 5 heteroatoms. The van der Waals surface area contributed by atoms with E-state index in [2.05, 4.69) is 15.8 Å². The summed E-state index contributed by atoms with van der Waals surface area (Å²) in [5, 5.41) is 15.3. The normalized spacial score (nSPS) is 39.5. The number of aliphatic carboxylic acids is 1. The maximum absolute atomic E-state index is 11.6. The second-order valence-electron chi connectivity index (χ2n) is 9.75. The van der Waals surface area contributed by atoms with Gasteiger partial charge in [0, 0.05) is 25.7 Å². The molecule has 0 aromatic carbocycles. The van der Waals surface area contributed by atoms with Gasteiger partial charge in [-0.25, -0.2) is 5.01 Å². The Bertz CT molecular complexity index is 494. The minimum Gasteiger partial charge on any atom is -0.481 e. The zero-order chi connectivity index (χ0) is 18.6. The van der Waals surface area contributed by atoms with Crippen LogP contribution in [0, 0.1) is 29.6 Å². The standard InChI is InChI=1S/C22H39N3O2/c26-22(27)20-9-11-23-14-19(20)15-25-12-10-21(24-25)18-8-4-7-17(13-18)16-5-2-1-3-6-16/h16-21,23-24H,1-15H2,(H,26,27). The van der Waals surface area contributed by atoms with Gasteiger partial charge in [-0.1, -0.05) is 44.9 Å². The molecule has 27 heavy (non-hydrogen) atoms. The van der Waals surface area contributed by atoms with Gasteiger partial charge in [0.25, 0.3) is 0 Å². The number of hydrazine groups is 1. The highest BCUT2D eigenvalue weighted by molar-refractivity contribution is 5.70. The molecule has 4 rings (SSSR count). The second-order valence-corrected chi connectivity index (χ2v) is 9.75. The highest BCUT2D eigenvalue weighted by Crippen LogP contribution is 2.42. The molecule has 0 radical (unpaired) electrons. The summed E-state index contributed by atoms with van der Waals surface area (Å²) in [7, 11) is 0. The van der Waals surface area contributed by atoms with Gasteiger partial charge in [0.1, 0.15) is 0 Å². The third-order valence-corrected chi connectivity index (χ3v) is 8.08. The Kier molecular flexibility index (Phi) is 6.72. The van der Waals surface area contributed by atoms with Crippen molar-refractivity contribution < 1.29 is 9.90 Å². The molecule has 5 unspecified atom stereocenters. The second kappa shape index (κ2) is 9.23. The monoisotopic (exact) mass is 377 g/mol. The lowest BCUT2D eigenvalue weighted by molar-refractivity contribution is -0.145. The summed E-state index contributed by atoms with van der Waals surface area (Å²) in [4.78, 5) is 11.6. The van der Waals surface area contributed by atoms with E-state index in [-0.39, 0.29) is 11.8 Å². The minimum atomic E-state index is -0.611. The third kappa shape index (κ3) is 4.86. The molecule has 0 amide bonds. The van der Waals surface area contributed by atoms with Crippen LogP contribution in [0.15, 0.2) is 0 Å². The molecule has 2 heterocycles. The number of rotatable bonds is 5. The van der Waals surface area contributed by atoms with Gasteiger partial charge in [-0.3, -0.25) is 10.2 Å². The summed E-state index contributed by atoms with van der Waals surface area (Å²) in [5.41, 5.74) is 3.80. The van der Waals surface area contributed by atoms with Crippen molar-refractivity contribution in [2.45, 2.75) is 76.7 Å². The fourth-order valence-electron chi connectivity index (χ4n) is 6.53. The molecular formula is C22H39N3O2. The van der Waals surface area contributed by atoms with Crippen molar-refractivity contribution in [3.63, 3.8) is 0 Å². The van der Waals surface area contributed by atoms with Crippen LogP contribution in [0.2, 0.25) is 0 Å². The van der Waals surface area contributed by atoms with Gasteiger partial charge in [-0.05, 0) is 55.9 Å². The fraction of sp³-hybridized carbons (Fsp3) is 0.955. The zero-order valence-electron chi connectivity index (χ0n) is 16.9. The van der Waals surface area contributed by atoms with E-state index in [9.17, 15) is 9.90 Å². The number of hydrogen-bond donors (Lipinski definition) is 3. The van der Waals surface area contributed by atoms with E-state index in [0.717, 1.165) is 50.4 Å². The van der Waals surface area contributed by atoms with Crippen LogP contribution >= 0.6 is 0 Å². The Morgan fingerprint density at radius 3 is 2.52 bits per heavy atom. The fourth-order valence-corrected chi connectivity index (χ4v) is 6.53. The quantitative estimate of drug-likeness (QED) is 0.686. The Labute approximate surface area is 164 Å². The Morgan fingerprint density at radius 2 is 1.70 bits per heavy atom. The molecule has 0 bridgehead atoms. The first-order valence-electron chi connectivity index (χ1n) is 11.7. The summed E-state index contributed by atoms with van der Waals surface area (Å²) in [6.07, 6.45) is 15.0. The maximum atomic E-state index is 11.6. The van der Waals surface area contributed by atoms with Gasteiger partial charge in [0.2, 0.25) is 0 Å². The third-order valence-electron chi connectivity index (χ3n) is 8.08. The maximum Gasteiger partial charge on any atom is 0.306 e. The molecule has 5 atom stereocenters. The minimum absolute atomic E-state index is 0.183. The summed E-state index contributed by atoms with van der Waals surface area (Å²) in [6, 6.07) is 0.621. The number of piperidine rings is 1. The summed E-state index contributed by atoms with van der Waals surface area (Å²) < 4.78 is 0. The molecule has 0 spiro atoms. The van der Waals surface area contributed by atoms with Crippen LogP contribution in [-0.4, -0.2) is 48.3 Å². The van der Waals surface area contributed by atoms with E-state index in [1.165, 1.54) is 64.2 Å². The van der Waals surface area contributed by atoms with Gasteiger partial charge in [-0.2, -0.15) is 0 Å². The largest absolute Gasteiger partial charge is 0.481 e. The predicted molar refractivity (Wildman–Crippen MR) is 107 cm³/mol. The van der Waals surface area contributed by atoms with Crippen LogP contribution in [0.5, 0.6) is 0 Å². The molecule has 4 aliphatic rings. The van der Waals surface area contributed by atoms with Crippen LogP contribution in [0.1, 0.15) is 70.6 Å². The predicted octanol–water partition coefficient (Wildman–Crippen LogP) is 3.26. The molecule has 0 aromatic heterocycles. The van der Waals surface area contributed by atoms with Gasteiger partial charge in [-0.15, -0.1) is 0 Å². The van der Waals surface area contributed by atoms with Gasteiger partial charge in [0.05, 0.1) is 5.92 Å². The van der Waals surface area contributed by atoms with E-state index in [1.807, 2.05) is 0 Å². The van der Waals surface area contributed by atoms with Gasteiger partial charge >= 0.3 is 5.97 Å². The number of carbonyl (C=O) groups is 1. The van der Waals surface area contributed by atoms with Crippen molar-refractivity contribution >= 4 is 5.97 Å². The van der Waals surface area contributed by atoms with Crippen LogP contribution in [0.3, 0.4) is 0 Å². The average molecular weight is 378 g/mol. The molecule has 4 fully saturated rings. The summed E-state index contributed by atoms with van der Waals surface area (Å²) in [6.45, 7) is 3.64. The SMILES string of the molecule is O=C(O)C1CCNCC1CN1CCC(C2CCCC(C3CCCCC3)C2)N1. The van der Waals surface area contributed by atoms with E-state index >= 15 is 0 Å². The summed E-state index contributed by atoms with van der Waals surface area (Å²) in [5.74, 6) is 2.24. The number of nitrogens with one attached hydrogen (secondary N) is 2. The van der Waals surface area contributed by atoms with Crippen molar-refractivity contribution in [3.8, 4) is 0 Å². The summed E-state index contributed by atoms with van der Waals surface area (Å²) >= 11 is 0. The van der Waals surface area contributed by atoms with Crippen molar-refractivity contribution in [2.75, 3.05) is 26.2 Å². The topological polar surface area (TPSA) is 64.6 Å². The van der Waals surface area contributed by atoms with Crippen LogP contribution < -0.4 is 10.7 Å². The van der Waals surface area contributed by atoms with Crippen molar-refractivity contribution in [2.24, 2.45) is 29.6 Å². The Hall–Kier alpha value is -0.650. The molecule has 3 N–H and O–H groups in total. The van der Waals surface area contributed by atoms with Crippen molar-refractivity contribution in [3.05, 3.63) is 0 Å². The number of carboxylic acid groups (broad SMARTS) is 1. The van der Waals surface area contributed by atoms with E-state index < -0.39 is 5.97 Å². The van der Waals surface area contributed by atoms with Crippen LogP contribution in [0.25, 0.3) is 0 Å². The first-order chi connectivity index (χ1) is 13.2. The Balaban J connectivity index is 1.28. The van der Waals surface area contributed by atoms with E-state index in [1.54, 1.807) is 0 Å². The van der Waals surface area contributed by atoms with E-state index in [4.69, 9.17) is 0 Å². The lowest BCUT2D eigenvalue weighted by atomic mass is 9.69. The first kappa shape index (κ1) is 19.7. The molecule has 2 saturated heterocycles. The molecule has 0 aromatic rings. The zero-order valence-corrected chi connectivity index (χ0v) is 16.9.